The highest BCUT2D eigenvalue weighted by Crippen LogP contribution is 2.28. The number of aromatic nitrogens is 2. The molecule has 0 spiro atoms. The summed E-state index contributed by atoms with van der Waals surface area (Å²) in [5.41, 5.74) is 4.13. The van der Waals surface area contributed by atoms with E-state index in [9.17, 15) is 4.39 Å². The van der Waals surface area contributed by atoms with Gasteiger partial charge in [0.25, 0.3) is 0 Å². The Morgan fingerprint density at radius 3 is 2.52 bits per heavy atom. The zero-order valence-electron chi connectivity index (χ0n) is 13.4. The number of benzene rings is 1. The zero-order valence-corrected chi connectivity index (χ0v) is 13.4. The van der Waals surface area contributed by atoms with Crippen molar-refractivity contribution in [3.05, 3.63) is 47.0 Å². The normalized spacial score (nSPS) is 12.7. The van der Waals surface area contributed by atoms with Crippen molar-refractivity contribution in [1.82, 2.24) is 9.78 Å². The van der Waals surface area contributed by atoms with E-state index < -0.39 is 0 Å². The van der Waals surface area contributed by atoms with Crippen LogP contribution < -0.4 is 5.32 Å². The van der Waals surface area contributed by atoms with Gasteiger partial charge in [-0.25, -0.2) is 4.39 Å². The number of nitrogens with zero attached hydrogens (tertiary/aromatic N) is 2. The fourth-order valence-electron chi connectivity index (χ4n) is 2.69. The van der Waals surface area contributed by atoms with Gasteiger partial charge in [-0.05, 0) is 51.8 Å². The molecular formula is C17H24FN3. The first kappa shape index (κ1) is 15.5. The monoisotopic (exact) mass is 289 g/mol. The van der Waals surface area contributed by atoms with Crippen molar-refractivity contribution < 1.29 is 4.39 Å². The highest BCUT2D eigenvalue weighted by Gasteiger charge is 2.17. The van der Waals surface area contributed by atoms with Gasteiger partial charge in [0.2, 0.25) is 0 Å². The first-order valence-corrected chi connectivity index (χ1v) is 7.51. The quantitative estimate of drug-likeness (QED) is 0.858. The molecule has 3 nitrogen and oxygen atoms in total. The minimum absolute atomic E-state index is 0.0860. The number of aryl methyl sites for hydroxylation is 1. The van der Waals surface area contributed by atoms with Crippen molar-refractivity contribution in [3.8, 4) is 0 Å². The number of hydrogen-bond acceptors (Lipinski definition) is 2. The molecule has 1 atom stereocenters. The van der Waals surface area contributed by atoms with Gasteiger partial charge < -0.3 is 5.32 Å². The van der Waals surface area contributed by atoms with Crippen LogP contribution in [0.3, 0.4) is 0 Å². The van der Waals surface area contributed by atoms with E-state index in [4.69, 9.17) is 0 Å². The van der Waals surface area contributed by atoms with Gasteiger partial charge in [-0.3, -0.25) is 4.68 Å². The number of hydrogen-bond donors (Lipinski definition) is 1. The third-order valence-electron chi connectivity index (χ3n) is 3.79. The van der Waals surface area contributed by atoms with E-state index in [-0.39, 0.29) is 11.9 Å². The summed E-state index contributed by atoms with van der Waals surface area (Å²) in [4.78, 5) is 0. The van der Waals surface area contributed by atoms with Crippen LogP contribution in [-0.4, -0.2) is 9.78 Å². The Morgan fingerprint density at radius 2 is 2.00 bits per heavy atom. The second kappa shape index (κ2) is 6.29. The molecule has 1 aromatic heterocycles. The predicted molar refractivity (Wildman–Crippen MR) is 85.1 cm³/mol. The molecule has 0 aliphatic heterocycles. The minimum Gasteiger partial charge on any atom is -0.375 e. The van der Waals surface area contributed by atoms with Gasteiger partial charge in [-0.15, -0.1) is 0 Å². The third kappa shape index (κ3) is 3.26. The lowest BCUT2D eigenvalue weighted by molar-refractivity contribution is 0.516. The summed E-state index contributed by atoms with van der Waals surface area (Å²) in [5, 5.41) is 8.12. The van der Waals surface area contributed by atoms with Crippen LogP contribution in [0.4, 0.5) is 10.1 Å². The molecule has 0 aliphatic carbocycles. The lowest BCUT2D eigenvalue weighted by atomic mass is 10.0. The van der Waals surface area contributed by atoms with Crippen LogP contribution >= 0.6 is 0 Å². The van der Waals surface area contributed by atoms with Crippen LogP contribution in [-0.2, 0) is 0 Å². The summed E-state index contributed by atoms with van der Waals surface area (Å²) in [6.07, 6.45) is 0.884. The Morgan fingerprint density at radius 1 is 1.29 bits per heavy atom. The summed E-state index contributed by atoms with van der Waals surface area (Å²) in [7, 11) is 0. The van der Waals surface area contributed by atoms with E-state index in [0.717, 1.165) is 29.1 Å². The van der Waals surface area contributed by atoms with Crippen LogP contribution in [0.2, 0.25) is 0 Å². The maximum Gasteiger partial charge on any atom is 0.123 e. The Hall–Kier alpha value is -1.84. The number of rotatable bonds is 5. The molecule has 1 aromatic carbocycles. The van der Waals surface area contributed by atoms with E-state index >= 15 is 0 Å². The molecular weight excluding hydrogens is 265 g/mol. The number of anilines is 1. The van der Waals surface area contributed by atoms with Crippen molar-refractivity contribution in [2.45, 2.75) is 53.1 Å². The maximum absolute atomic E-state index is 13.4. The number of halogens is 1. The topological polar surface area (TPSA) is 29.9 Å². The Bertz CT molecular complexity index is 616. The molecule has 0 saturated heterocycles. The third-order valence-corrected chi connectivity index (χ3v) is 3.79. The first-order chi connectivity index (χ1) is 9.93. The molecule has 0 fully saturated rings. The van der Waals surface area contributed by atoms with E-state index in [2.05, 4.69) is 38.1 Å². The Labute approximate surface area is 126 Å². The molecule has 0 radical (unpaired) electrons. The lowest BCUT2D eigenvalue weighted by Crippen LogP contribution is -2.11. The van der Waals surface area contributed by atoms with Gasteiger partial charge in [0, 0.05) is 6.04 Å². The van der Waals surface area contributed by atoms with E-state index in [1.807, 2.05) is 17.7 Å². The van der Waals surface area contributed by atoms with Crippen molar-refractivity contribution in [3.63, 3.8) is 0 Å². The van der Waals surface area contributed by atoms with Crippen molar-refractivity contribution in [2.24, 2.45) is 0 Å². The van der Waals surface area contributed by atoms with Gasteiger partial charge in [0.1, 0.15) is 5.82 Å². The molecule has 1 unspecified atom stereocenters. The predicted octanol–water partition coefficient (Wildman–Crippen LogP) is 4.78. The van der Waals surface area contributed by atoms with E-state index in [0.29, 0.717) is 6.04 Å². The standard InChI is InChI=1S/C17H24FN3/c1-6-16(14-8-7-9-15(18)10-14)19-17-12(4)20-21(11(2)3)13(17)5/h7-11,16,19H,6H2,1-5H3. The zero-order chi connectivity index (χ0) is 15.6. The molecule has 21 heavy (non-hydrogen) atoms. The SMILES string of the molecule is CCC(Nc1c(C)nn(C(C)C)c1C)c1cccc(F)c1. The smallest absolute Gasteiger partial charge is 0.123 e. The number of nitrogens with one attached hydrogen (secondary N) is 1. The summed E-state index contributed by atoms with van der Waals surface area (Å²) < 4.78 is 15.5. The fourth-order valence-corrected chi connectivity index (χ4v) is 2.69. The maximum atomic E-state index is 13.4. The average Bonchev–Trinajstić information content (AvgIpc) is 2.72. The Kier molecular flexibility index (Phi) is 4.66. The Balaban J connectivity index is 2.31. The summed E-state index contributed by atoms with van der Waals surface area (Å²) in [6.45, 7) is 10.4. The van der Waals surface area contributed by atoms with Crippen molar-refractivity contribution in [1.29, 1.82) is 0 Å². The second-order valence-electron chi connectivity index (χ2n) is 5.74. The van der Waals surface area contributed by atoms with E-state index in [1.165, 1.54) is 6.07 Å². The summed E-state index contributed by atoms with van der Waals surface area (Å²) in [6, 6.07) is 7.20. The molecule has 0 bridgehead atoms. The van der Waals surface area contributed by atoms with E-state index in [1.54, 1.807) is 12.1 Å². The molecule has 1 heterocycles. The molecule has 2 aromatic rings. The molecule has 0 aliphatic rings. The van der Waals surface area contributed by atoms with Crippen LogP contribution in [0.1, 0.15) is 56.2 Å². The minimum atomic E-state index is -0.195. The molecule has 1 N–H and O–H groups in total. The van der Waals surface area contributed by atoms with Crippen LogP contribution in [0.25, 0.3) is 0 Å². The van der Waals surface area contributed by atoms with Gasteiger partial charge in [-0.2, -0.15) is 5.10 Å². The van der Waals surface area contributed by atoms with Gasteiger partial charge >= 0.3 is 0 Å². The first-order valence-electron chi connectivity index (χ1n) is 7.51. The average molecular weight is 289 g/mol. The van der Waals surface area contributed by atoms with Crippen LogP contribution in [0.15, 0.2) is 24.3 Å². The molecule has 114 valence electrons. The largest absolute Gasteiger partial charge is 0.375 e. The highest BCUT2D eigenvalue weighted by atomic mass is 19.1. The fraction of sp³-hybridized carbons (Fsp3) is 0.471. The molecule has 0 amide bonds. The molecule has 2 rings (SSSR count). The van der Waals surface area contributed by atoms with Crippen LogP contribution in [0.5, 0.6) is 0 Å². The molecule has 4 heteroatoms. The van der Waals surface area contributed by atoms with Crippen molar-refractivity contribution in [2.75, 3.05) is 5.32 Å². The summed E-state index contributed by atoms with van der Waals surface area (Å²) >= 11 is 0. The van der Waals surface area contributed by atoms with Gasteiger partial charge in [-0.1, -0.05) is 19.1 Å². The summed E-state index contributed by atoms with van der Waals surface area (Å²) in [5.74, 6) is -0.195. The van der Waals surface area contributed by atoms with Gasteiger partial charge in [0.05, 0.1) is 23.1 Å². The van der Waals surface area contributed by atoms with Crippen molar-refractivity contribution >= 4 is 5.69 Å². The molecule has 0 saturated carbocycles. The second-order valence-corrected chi connectivity index (χ2v) is 5.74. The van der Waals surface area contributed by atoms with Crippen LogP contribution in [0, 0.1) is 19.7 Å². The highest BCUT2D eigenvalue weighted by molar-refractivity contribution is 5.53. The van der Waals surface area contributed by atoms with Gasteiger partial charge in [0.15, 0.2) is 0 Å². The lowest BCUT2D eigenvalue weighted by Gasteiger charge is -2.19.